The van der Waals surface area contributed by atoms with Gasteiger partial charge in [0, 0.05) is 0 Å². The number of ether oxygens (including phenoxy) is 1. The fraction of sp³-hybridized carbons (Fsp3) is 0.462. The predicted molar refractivity (Wildman–Crippen MR) is 63.6 cm³/mol. The maximum atomic E-state index is 14.2. The van der Waals surface area contributed by atoms with E-state index in [4.69, 9.17) is 4.74 Å². The average Bonchev–Trinajstić information content (AvgIpc) is 2.29. The van der Waals surface area contributed by atoms with E-state index in [9.17, 15) is 9.18 Å². The van der Waals surface area contributed by atoms with Crippen LogP contribution in [0.2, 0.25) is 0 Å². The number of alkyl halides is 1. The van der Waals surface area contributed by atoms with Crippen LogP contribution in [0.1, 0.15) is 31.4 Å². The predicted octanol–water partition coefficient (Wildman–Crippen LogP) is 3.13. The Morgan fingerprint density at radius 2 is 2.24 bits per heavy atom. The molecular formula is C13H16FNO2. The second kappa shape index (κ2) is 5.60. The molecular weight excluding hydrogens is 221 g/mol. The molecule has 0 amide bonds. The molecule has 0 radical (unpaired) electrons. The highest BCUT2D eigenvalue weighted by Crippen LogP contribution is 2.36. The Labute approximate surface area is 100 Å². The molecule has 0 N–H and O–H groups in total. The van der Waals surface area contributed by atoms with Crippen molar-refractivity contribution in [2.45, 2.75) is 32.5 Å². The van der Waals surface area contributed by atoms with Gasteiger partial charge in [-0.2, -0.15) is 4.99 Å². The molecule has 3 nitrogen and oxygen atoms in total. The number of aryl methyl sites for hydroxylation is 1. The van der Waals surface area contributed by atoms with E-state index >= 15 is 0 Å². The first kappa shape index (κ1) is 13.4. The van der Waals surface area contributed by atoms with Crippen molar-refractivity contribution in [1.82, 2.24) is 0 Å². The van der Waals surface area contributed by atoms with E-state index in [1.807, 2.05) is 13.0 Å². The van der Waals surface area contributed by atoms with E-state index in [1.165, 1.54) is 20.1 Å². The maximum Gasteiger partial charge on any atom is 0.238 e. The Hall–Kier alpha value is -1.67. The smallest absolute Gasteiger partial charge is 0.238 e. The van der Waals surface area contributed by atoms with E-state index < -0.39 is 5.79 Å². The summed E-state index contributed by atoms with van der Waals surface area (Å²) >= 11 is 0. The molecule has 1 unspecified atom stereocenters. The Morgan fingerprint density at radius 1 is 1.53 bits per heavy atom. The zero-order chi connectivity index (χ0) is 12.9. The van der Waals surface area contributed by atoms with Crippen LogP contribution in [0.15, 0.2) is 23.2 Å². The zero-order valence-corrected chi connectivity index (χ0v) is 10.3. The van der Waals surface area contributed by atoms with Crippen LogP contribution in [0.5, 0.6) is 5.75 Å². The summed E-state index contributed by atoms with van der Waals surface area (Å²) in [7, 11) is 1.48. The number of rotatable bonds is 5. The average molecular weight is 237 g/mol. The third-order valence-electron chi connectivity index (χ3n) is 2.57. The normalized spacial score (nSPS) is 13.6. The topological polar surface area (TPSA) is 38.7 Å². The van der Waals surface area contributed by atoms with Crippen molar-refractivity contribution in [2.24, 2.45) is 4.99 Å². The van der Waals surface area contributed by atoms with Gasteiger partial charge < -0.3 is 4.74 Å². The van der Waals surface area contributed by atoms with Crippen molar-refractivity contribution >= 4 is 6.08 Å². The van der Waals surface area contributed by atoms with Crippen molar-refractivity contribution in [2.75, 3.05) is 7.11 Å². The van der Waals surface area contributed by atoms with Crippen LogP contribution < -0.4 is 4.74 Å². The molecule has 0 heterocycles. The standard InChI is InChI=1S/C13H16FNO2/c1-4-6-10-7-5-8-11(12(10)17-3)13(2,14)15-9-16/h5,7-8H,4,6H2,1-3H3. The monoisotopic (exact) mass is 237 g/mol. The number of methoxy groups -OCH3 is 1. The fourth-order valence-corrected chi connectivity index (χ4v) is 1.80. The highest BCUT2D eigenvalue weighted by atomic mass is 19.1. The van der Waals surface area contributed by atoms with Gasteiger partial charge in [0.15, 0.2) is 0 Å². The summed E-state index contributed by atoms with van der Waals surface area (Å²) in [6.45, 7) is 3.25. The highest BCUT2D eigenvalue weighted by Gasteiger charge is 2.29. The molecule has 0 fully saturated rings. The molecule has 1 aromatic rings. The van der Waals surface area contributed by atoms with Gasteiger partial charge in [-0.05, 0) is 18.9 Å². The second-order valence-electron chi connectivity index (χ2n) is 3.90. The van der Waals surface area contributed by atoms with Gasteiger partial charge in [0.2, 0.25) is 11.9 Å². The van der Waals surface area contributed by atoms with Crippen molar-refractivity contribution in [3.05, 3.63) is 29.3 Å². The van der Waals surface area contributed by atoms with Gasteiger partial charge in [-0.1, -0.05) is 31.5 Å². The molecule has 0 saturated heterocycles. The van der Waals surface area contributed by atoms with Crippen LogP contribution in [0.4, 0.5) is 4.39 Å². The molecule has 0 bridgehead atoms. The number of isocyanates is 1. The van der Waals surface area contributed by atoms with Gasteiger partial charge in [0.1, 0.15) is 5.75 Å². The summed E-state index contributed by atoms with van der Waals surface area (Å²) in [4.78, 5) is 13.4. The minimum Gasteiger partial charge on any atom is -0.496 e. The first-order valence-electron chi connectivity index (χ1n) is 5.51. The second-order valence-corrected chi connectivity index (χ2v) is 3.90. The Balaban J connectivity index is 3.33. The van der Waals surface area contributed by atoms with Gasteiger partial charge in [-0.3, -0.25) is 0 Å². The highest BCUT2D eigenvalue weighted by molar-refractivity contribution is 5.46. The van der Waals surface area contributed by atoms with Crippen LogP contribution in [-0.4, -0.2) is 13.2 Å². The fourth-order valence-electron chi connectivity index (χ4n) is 1.80. The third kappa shape index (κ3) is 2.92. The number of nitrogens with zero attached hydrogens (tertiary/aromatic N) is 1. The lowest BCUT2D eigenvalue weighted by Crippen LogP contribution is -2.14. The van der Waals surface area contributed by atoms with Gasteiger partial charge in [-0.25, -0.2) is 9.18 Å². The van der Waals surface area contributed by atoms with Gasteiger partial charge in [0.25, 0.3) is 0 Å². The zero-order valence-electron chi connectivity index (χ0n) is 10.3. The van der Waals surface area contributed by atoms with Gasteiger partial charge in [-0.15, -0.1) is 0 Å². The molecule has 0 saturated carbocycles. The van der Waals surface area contributed by atoms with Crippen molar-refractivity contribution in [3.8, 4) is 5.75 Å². The summed E-state index contributed by atoms with van der Waals surface area (Å²) < 4.78 is 19.4. The summed E-state index contributed by atoms with van der Waals surface area (Å²) in [6, 6.07) is 5.19. The minimum atomic E-state index is -2.10. The molecule has 1 aromatic carbocycles. The molecule has 17 heavy (non-hydrogen) atoms. The van der Waals surface area contributed by atoms with Crippen molar-refractivity contribution in [3.63, 3.8) is 0 Å². The van der Waals surface area contributed by atoms with Crippen LogP contribution in [-0.2, 0) is 17.0 Å². The number of hydrogen-bond acceptors (Lipinski definition) is 3. The molecule has 0 spiro atoms. The number of para-hydroxylation sites is 1. The lowest BCUT2D eigenvalue weighted by Gasteiger charge is -2.19. The summed E-state index contributed by atoms with van der Waals surface area (Å²) in [5, 5.41) is 0. The van der Waals surface area contributed by atoms with Gasteiger partial charge in [0.05, 0.1) is 12.7 Å². The molecule has 92 valence electrons. The van der Waals surface area contributed by atoms with Crippen molar-refractivity contribution < 1.29 is 13.9 Å². The maximum absolute atomic E-state index is 14.2. The first-order valence-corrected chi connectivity index (χ1v) is 5.51. The van der Waals surface area contributed by atoms with E-state index in [1.54, 1.807) is 12.1 Å². The SMILES string of the molecule is CCCc1cccc(C(C)(F)N=C=O)c1OC. The summed E-state index contributed by atoms with van der Waals surface area (Å²) in [5.74, 6) is -1.64. The van der Waals surface area contributed by atoms with Crippen LogP contribution in [0, 0.1) is 0 Å². The van der Waals surface area contributed by atoms with E-state index in [2.05, 4.69) is 4.99 Å². The Kier molecular flexibility index (Phi) is 4.41. The van der Waals surface area contributed by atoms with E-state index in [-0.39, 0.29) is 5.56 Å². The number of halogens is 1. The largest absolute Gasteiger partial charge is 0.496 e. The van der Waals surface area contributed by atoms with Crippen molar-refractivity contribution in [1.29, 1.82) is 0 Å². The molecule has 0 aromatic heterocycles. The van der Waals surface area contributed by atoms with Crippen LogP contribution in [0.25, 0.3) is 0 Å². The van der Waals surface area contributed by atoms with Crippen LogP contribution >= 0.6 is 0 Å². The number of hydrogen-bond donors (Lipinski definition) is 0. The van der Waals surface area contributed by atoms with Gasteiger partial charge >= 0.3 is 0 Å². The molecule has 0 aliphatic carbocycles. The Morgan fingerprint density at radius 3 is 2.76 bits per heavy atom. The quantitative estimate of drug-likeness (QED) is 0.448. The lowest BCUT2D eigenvalue weighted by atomic mass is 9.99. The third-order valence-corrected chi connectivity index (χ3v) is 2.57. The number of benzene rings is 1. The number of aliphatic imine (C=N–C) groups is 1. The minimum absolute atomic E-state index is 0.259. The molecule has 0 aliphatic heterocycles. The first-order chi connectivity index (χ1) is 8.06. The number of carbonyl (C=O) groups excluding carboxylic acids is 1. The molecule has 1 rings (SSSR count). The van der Waals surface area contributed by atoms with Crippen LogP contribution in [0.3, 0.4) is 0 Å². The summed E-state index contributed by atoms with van der Waals surface area (Å²) in [6.07, 6.45) is 2.97. The Bertz CT molecular complexity index is 437. The molecule has 0 aliphatic rings. The van der Waals surface area contributed by atoms with E-state index in [0.29, 0.717) is 5.75 Å². The van der Waals surface area contributed by atoms with E-state index in [0.717, 1.165) is 18.4 Å². The summed E-state index contributed by atoms with van der Waals surface area (Å²) in [5.41, 5.74) is 1.17. The lowest BCUT2D eigenvalue weighted by molar-refractivity contribution is 0.198. The molecule has 4 heteroatoms. The molecule has 1 atom stereocenters.